The van der Waals surface area contributed by atoms with Gasteiger partial charge in [-0.2, -0.15) is 0 Å². The van der Waals surface area contributed by atoms with Crippen LogP contribution in [0.15, 0.2) is 47.5 Å². The Labute approximate surface area is 125 Å². The number of halogens is 1. The molecule has 0 aliphatic carbocycles. The fourth-order valence-corrected chi connectivity index (χ4v) is 2.79. The predicted molar refractivity (Wildman–Crippen MR) is 81.1 cm³/mol. The van der Waals surface area contributed by atoms with E-state index in [4.69, 9.17) is 4.74 Å². The Hall–Kier alpha value is -1.88. The molecule has 3 aromatic rings. The molecule has 0 aliphatic heterocycles. The topological polar surface area (TPSA) is 39.4 Å². The summed E-state index contributed by atoms with van der Waals surface area (Å²) >= 11 is 3.48. The summed E-state index contributed by atoms with van der Waals surface area (Å²) in [6, 6.07) is 8.08. The lowest BCUT2D eigenvalue weighted by molar-refractivity contribution is 0.409. The standard InChI is InChI=1S/C15H14BrN3O/c1-20-13-5-3-2-4-11(13)6-7-14-18-15(16)12-10-17-8-9-19(12)14/h2-5,8-10H,6-7H2,1H3. The third kappa shape index (κ3) is 2.41. The molecule has 0 saturated carbocycles. The number of nitrogens with zero attached hydrogens (tertiary/aromatic N) is 3. The van der Waals surface area contributed by atoms with Crippen molar-refractivity contribution in [2.75, 3.05) is 7.11 Å². The normalized spacial score (nSPS) is 10.9. The molecular weight excluding hydrogens is 318 g/mol. The Morgan fingerprint density at radius 3 is 2.95 bits per heavy atom. The molecule has 1 aromatic carbocycles. The van der Waals surface area contributed by atoms with Crippen LogP contribution in [0, 0.1) is 0 Å². The number of para-hydroxylation sites is 1. The first-order chi connectivity index (χ1) is 9.79. The molecule has 4 nitrogen and oxygen atoms in total. The highest BCUT2D eigenvalue weighted by Crippen LogP contribution is 2.22. The molecule has 0 unspecified atom stereocenters. The fourth-order valence-electron chi connectivity index (χ4n) is 2.30. The van der Waals surface area contributed by atoms with Gasteiger partial charge in [0.25, 0.3) is 0 Å². The largest absolute Gasteiger partial charge is 0.496 e. The highest BCUT2D eigenvalue weighted by Gasteiger charge is 2.10. The number of ether oxygens (including phenoxy) is 1. The summed E-state index contributed by atoms with van der Waals surface area (Å²) in [4.78, 5) is 8.68. The van der Waals surface area contributed by atoms with Crippen molar-refractivity contribution in [1.29, 1.82) is 0 Å². The first-order valence-electron chi connectivity index (χ1n) is 6.38. The average Bonchev–Trinajstić information content (AvgIpc) is 2.82. The molecule has 0 fully saturated rings. The molecule has 0 spiro atoms. The van der Waals surface area contributed by atoms with E-state index in [9.17, 15) is 0 Å². The SMILES string of the molecule is COc1ccccc1CCc1nc(Br)c2cnccn12. The summed E-state index contributed by atoms with van der Waals surface area (Å²) in [7, 11) is 1.70. The van der Waals surface area contributed by atoms with Gasteiger partial charge in [0.1, 0.15) is 16.2 Å². The van der Waals surface area contributed by atoms with Crippen molar-refractivity contribution in [3.63, 3.8) is 0 Å². The van der Waals surface area contributed by atoms with Gasteiger partial charge < -0.3 is 4.74 Å². The van der Waals surface area contributed by atoms with Crippen LogP contribution in [-0.2, 0) is 12.8 Å². The highest BCUT2D eigenvalue weighted by atomic mass is 79.9. The molecular formula is C15H14BrN3O. The number of fused-ring (bicyclic) bond motifs is 1. The Balaban J connectivity index is 1.87. The highest BCUT2D eigenvalue weighted by molar-refractivity contribution is 9.10. The van der Waals surface area contributed by atoms with Crippen molar-refractivity contribution in [2.24, 2.45) is 0 Å². The van der Waals surface area contributed by atoms with Crippen molar-refractivity contribution in [2.45, 2.75) is 12.8 Å². The first kappa shape index (κ1) is 13.1. The van der Waals surface area contributed by atoms with E-state index in [0.717, 1.165) is 34.5 Å². The van der Waals surface area contributed by atoms with E-state index in [1.807, 2.05) is 30.6 Å². The molecule has 0 aliphatic rings. The molecule has 20 heavy (non-hydrogen) atoms. The van der Waals surface area contributed by atoms with Crippen LogP contribution in [0.3, 0.4) is 0 Å². The van der Waals surface area contributed by atoms with Crippen LogP contribution in [0.1, 0.15) is 11.4 Å². The number of hydrogen-bond donors (Lipinski definition) is 0. The van der Waals surface area contributed by atoms with Gasteiger partial charge in [-0.25, -0.2) is 4.98 Å². The Bertz CT molecular complexity index is 739. The van der Waals surface area contributed by atoms with Crippen molar-refractivity contribution in [1.82, 2.24) is 14.4 Å². The van der Waals surface area contributed by atoms with Gasteiger partial charge in [0, 0.05) is 18.8 Å². The Morgan fingerprint density at radius 1 is 1.25 bits per heavy atom. The summed E-state index contributed by atoms with van der Waals surface area (Å²) in [5.74, 6) is 1.94. The molecule has 0 atom stereocenters. The lowest BCUT2D eigenvalue weighted by Crippen LogP contribution is -1.99. The zero-order valence-corrected chi connectivity index (χ0v) is 12.7. The maximum absolute atomic E-state index is 5.38. The first-order valence-corrected chi connectivity index (χ1v) is 7.17. The minimum Gasteiger partial charge on any atom is -0.496 e. The predicted octanol–water partition coefficient (Wildman–Crippen LogP) is 3.29. The van der Waals surface area contributed by atoms with Crippen molar-refractivity contribution < 1.29 is 4.74 Å². The fraction of sp³-hybridized carbons (Fsp3) is 0.200. The van der Waals surface area contributed by atoms with E-state index in [1.165, 1.54) is 5.56 Å². The van der Waals surface area contributed by atoms with Crippen LogP contribution in [0.25, 0.3) is 5.52 Å². The van der Waals surface area contributed by atoms with Crippen LogP contribution in [-0.4, -0.2) is 21.5 Å². The van der Waals surface area contributed by atoms with Crippen LogP contribution in [0.2, 0.25) is 0 Å². The molecule has 0 amide bonds. The second kappa shape index (κ2) is 5.63. The lowest BCUT2D eigenvalue weighted by atomic mass is 10.1. The molecule has 0 N–H and O–H groups in total. The lowest BCUT2D eigenvalue weighted by Gasteiger charge is -2.07. The second-order valence-corrected chi connectivity index (χ2v) is 5.21. The summed E-state index contributed by atoms with van der Waals surface area (Å²) in [6.07, 6.45) is 7.25. The zero-order valence-electron chi connectivity index (χ0n) is 11.1. The van der Waals surface area contributed by atoms with Gasteiger partial charge in [-0.3, -0.25) is 9.38 Å². The smallest absolute Gasteiger partial charge is 0.133 e. The summed E-state index contributed by atoms with van der Waals surface area (Å²) in [5, 5.41) is 0. The third-order valence-electron chi connectivity index (χ3n) is 3.29. The Morgan fingerprint density at radius 2 is 2.10 bits per heavy atom. The number of hydrogen-bond acceptors (Lipinski definition) is 3. The molecule has 3 rings (SSSR count). The van der Waals surface area contributed by atoms with Crippen LogP contribution < -0.4 is 4.74 Å². The van der Waals surface area contributed by atoms with Gasteiger partial charge in [0.2, 0.25) is 0 Å². The van der Waals surface area contributed by atoms with Gasteiger partial charge in [0.15, 0.2) is 0 Å². The van der Waals surface area contributed by atoms with Gasteiger partial charge >= 0.3 is 0 Å². The number of benzene rings is 1. The summed E-state index contributed by atoms with van der Waals surface area (Å²) in [6.45, 7) is 0. The van der Waals surface area contributed by atoms with Crippen molar-refractivity contribution >= 4 is 21.4 Å². The quantitative estimate of drug-likeness (QED) is 0.736. The molecule has 102 valence electrons. The molecule has 0 radical (unpaired) electrons. The second-order valence-electron chi connectivity index (χ2n) is 4.46. The molecule has 0 bridgehead atoms. The van der Waals surface area contributed by atoms with E-state index in [-0.39, 0.29) is 0 Å². The van der Waals surface area contributed by atoms with Crippen molar-refractivity contribution in [3.05, 3.63) is 58.8 Å². The van der Waals surface area contributed by atoms with Crippen LogP contribution in [0.4, 0.5) is 0 Å². The van der Waals surface area contributed by atoms with E-state index in [0.29, 0.717) is 0 Å². The van der Waals surface area contributed by atoms with E-state index >= 15 is 0 Å². The number of methoxy groups -OCH3 is 1. The van der Waals surface area contributed by atoms with Crippen LogP contribution >= 0.6 is 15.9 Å². The van der Waals surface area contributed by atoms with E-state index in [2.05, 4.69) is 36.4 Å². The van der Waals surface area contributed by atoms with Gasteiger partial charge in [-0.05, 0) is 34.0 Å². The number of rotatable bonds is 4. The third-order valence-corrected chi connectivity index (χ3v) is 3.87. The maximum Gasteiger partial charge on any atom is 0.133 e. The number of imidazole rings is 1. The minimum atomic E-state index is 0.834. The number of aryl methyl sites for hydroxylation is 2. The van der Waals surface area contributed by atoms with Gasteiger partial charge in [-0.15, -0.1) is 0 Å². The zero-order chi connectivity index (χ0) is 13.9. The maximum atomic E-state index is 5.38. The summed E-state index contributed by atoms with van der Waals surface area (Å²) < 4.78 is 8.28. The van der Waals surface area contributed by atoms with E-state index < -0.39 is 0 Å². The minimum absolute atomic E-state index is 0.834. The van der Waals surface area contributed by atoms with Gasteiger partial charge in [0.05, 0.1) is 18.8 Å². The molecule has 2 aromatic heterocycles. The average molecular weight is 332 g/mol. The molecule has 0 saturated heterocycles. The molecule has 5 heteroatoms. The monoisotopic (exact) mass is 331 g/mol. The van der Waals surface area contributed by atoms with E-state index in [1.54, 1.807) is 13.3 Å². The summed E-state index contributed by atoms with van der Waals surface area (Å²) in [5.41, 5.74) is 2.18. The Kier molecular flexibility index (Phi) is 3.69. The van der Waals surface area contributed by atoms with Crippen molar-refractivity contribution in [3.8, 4) is 5.75 Å². The molecule has 2 heterocycles. The number of aromatic nitrogens is 3. The van der Waals surface area contributed by atoms with Crippen LogP contribution in [0.5, 0.6) is 5.75 Å². The van der Waals surface area contributed by atoms with Gasteiger partial charge in [-0.1, -0.05) is 18.2 Å².